The summed E-state index contributed by atoms with van der Waals surface area (Å²) < 4.78 is 41.7. The van der Waals surface area contributed by atoms with Crippen LogP contribution in [0.3, 0.4) is 0 Å². The zero-order chi connectivity index (χ0) is 17.7. The number of carbonyl (C=O) groups excluding carboxylic acids is 1. The van der Waals surface area contributed by atoms with Crippen molar-refractivity contribution in [1.82, 2.24) is 4.90 Å². The van der Waals surface area contributed by atoms with Crippen LogP contribution in [0, 0.1) is 11.7 Å². The second-order valence-electron chi connectivity index (χ2n) is 6.17. The predicted molar refractivity (Wildman–Crippen MR) is 90.0 cm³/mol. The molecule has 1 amide bonds. The van der Waals surface area contributed by atoms with E-state index in [1.165, 1.54) is 12.1 Å². The molecule has 0 bridgehead atoms. The molecule has 1 atom stereocenters. The number of benzene rings is 1. The molecule has 134 valence electrons. The van der Waals surface area contributed by atoms with Crippen molar-refractivity contribution in [1.29, 1.82) is 0 Å². The highest BCUT2D eigenvalue weighted by molar-refractivity contribution is 7.89. The molecule has 0 spiro atoms. The lowest BCUT2D eigenvalue weighted by atomic mass is 10.1. The highest BCUT2D eigenvalue weighted by Crippen LogP contribution is 2.20. The van der Waals surface area contributed by atoms with Gasteiger partial charge in [0.1, 0.15) is 5.82 Å². The van der Waals surface area contributed by atoms with Gasteiger partial charge in [-0.1, -0.05) is 6.92 Å². The van der Waals surface area contributed by atoms with Gasteiger partial charge in [0.25, 0.3) is 0 Å². The molecule has 1 aromatic carbocycles. The summed E-state index contributed by atoms with van der Waals surface area (Å²) in [5, 5.41) is 2.72. The molecule has 1 fully saturated rings. The van der Waals surface area contributed by atoms with Gasteiger partial charge in [-0.3, -0.25) is 9.69 Å². The summed E-state index contributed by atoms with van der Waals surface area (Å²) in [7, 11) is -3.34. The SMILES string of the molecule is CC(CN1CCOCC1)C(=O)Nc1ccc(F)cc1CS(C)(=O)=O. The molecule has 1 saturated heterocycles. The molecule has 0 aliphatic carbocycles. The van der Waals surface area contributed by atoms with Crippen LogP contribution in [0.25, 0.3) is 0 Å². The Morgan fingerprint density at radius 3 is 2.67 bits per heavy atom. The lowest BCUT2D eigenvalue weighted by Gasteiger charge is -2.28. The van der Waals surface area contributed by atoms with E-state index >= 15 is 0 Å². The normalized spacial score (nSPS) is 17.5. The van der Waals surface area contributed by atoms with E-state index in [9.17, 15) is 17.6 Å². The van der Waals surface area contributed by atoms with Crippen LogP contribution in [0.4, 0.5) is 10.1 Å². The van der Waals surface area contributed by atoms with Crippen molar-refractivity contribution in [3.63, 3.8) is 0 Å². The lowest BCUT2D eigenvalue weighted by Crippen LogP contribution is -2.41. The molecule has 0 radical (unpaired) electrons. The third-order valence-electron chi connectivity index (χ3n) is 3.83. The molecule has 0 saturated carbocycles. The first kappa shape index (κ1) is 18.8. The quantitative estimate of drug-likeness (QED) is 0.829. The molecular weight excluding hydrogens is 335 g/mol. The third-order valence-corrected chi connectivity index (χ3v) is 4.66. The number of sulfone groups is 1. The molecule has 24 heavy (non-hydrogen) atoms. The molecule has 1 N–H and O–H groups in total. The van der Waals surface area contributed by atoms with Crippen LogP contribution in [0.2, 0.25) is 0 Å². The van der Waals surface area contributed by atoms with Crippen LogP contribution in [0.15, 0.2) is 18.2 Å². The van der Waals surface area contributed by atoms with Gasteiger partial charge in [0.2, 0.25) is 5.91 Å². The van der Waals surface area contributed by atoms with Crippen molar-refractivity contribution in [2.45, 2.75) is 12.7 Å². The average Bonchev–Trinajstić information content (AvgIpc) is 2.49. The summed E-state index contributed by atoms with van der Waals surface area (Å²) in [5.41, 5.74) is 0.588. The fraction of sp³-hybridized carbons (Fsp3) is 0.562. The Morgan fingerprint density at radius 1 is 1.38 bits per heavy atom. The minimum Gasteiger partial charge on any atom is -0.379 e. The van der Waals surface area contributed by atoms with E-state index in [1.807, 2.05) is 6.92 Å². The van der Waals surface area contributed by atoms with E-state index in [-0.39, 0.29) is 23.1 Å². The molecule has 1 unspecified atom stereocenters. The zero-order valence-corrected chi connectivity index (χ0v) is 14.7. The van der Waals surface area contributed by atoms with Crippen molar-refractivity contribution in [2.24, 2.45) is 5.92 Å². The highest BCUT2D eigenvalue weighted by atomic mass is 32.2. The third kappa shape index (κ3) is 5.85. The monoisotopic (exact) mass is 358 g/mol. The number of morpholine rings is 1. The van der Waals surface area contributed by atoms with E-state index in [0.717, 1.165) is 25.4 Å². The van der Waals surface area contributed by atoms with E-state index in [2.05, 4.69) is 10.2 Å². The number of halogens is 1. The summed E-state index contributed by atoms with van der Waals surface area (Å²) in [4.78, 5) is 14.5. The summed E-state index contributed by atoms with van der Waals surface area (Å²) in [5.74, 6) is -1.35. The van der Waals surface area contributed by atoms with E-state index in [0.29, 0.717) is 25.4 Å². The fourth-order valence-corrected chi connectivity index (χ4v) is 3.40. The summed E-state index contributed by atoms with van der Waals surface area (Å²) in [6.07, 6.45) is 1.07. The van der Waals surface area contributed by atoms with Crippen molar-refractivity contribution in [3.05, 3.63) is 29.6 Å². The van der Waals surface area contributed by atoms with E-state index in [1.54, 1.807) is 0 Å². The molecular formula is C16H23FN2O4S. The van der Waals surface area contributed by atoms with Gasteiger partial charge in [-0.25, -0.2) is 12.8 Å². The first-order valence-electron chi connectivity index (χ1n) is 7.82. The van der Waals surface area contributed by atoms with Crippen molar-refractivity contribution < 1.29 is 22.3 Å². The number of hydrogen-bond acceptors (Lipinski definition) is 5. The molecule has 1 aliphatic heterocycles. The van der Waals surface area contributed by atoms with Gasteiger partial charge in [0, 0.05) is 37.5 Å². The van der Waals surface area contributed by atoms with Gasteiger partial charge in [0.05, 0.1) is 19.0 Å². The van der Waals surface area contributed by atoms with Gasteiger partial charge in [-0.15, -0.1) is 0 Å². The van der Waals surface area contributed by atoms with Crippen LogP contribution < -0.4 is 5.32 Å². The maximum Gasteiger partial charge on any atom is 0.228 e. The lowest BCUT2D eigenvalue weighted by molar-refractivity contribution is -0.120. The number of anilines is 1. The largest absolute Gasteiger partial charge is 0.379 e. The average molecular weight is 358 g/mol. The summed E-state index contributed by atoms with van der Waals surface area (Å²) in [6, 6.07) is 3.74. The first-order chi connectivity index (χ1) is 11.2. The Balaban J connectivity index is 2.04. The topological polar surface area (TPSA) is 75.7 Å². The number of ether oxygens (including phenoxy) is 1. The Labute approximate surface area is 141 Å². The van der Waals surface area contributed by atoms with Crippen LogP contribution in [0.1, 0.15) is 12.5 Å². The van der Waals surface area contributed by atoms with E-state index < -0.39 is 15.7 Å². The number of carbonyl (C=O) groups is 1. The second kappa shape index (κ2) is 8.04. The maximum absolute atomic E-state index is 13.4. The van der Waals surface area contributed by atoms with Crippen molar-refractivity contribution in [3.8, 4) is 0 Å². The van der Waals surface area contributed by atoms with Gasteiger partial charge < -0.3 is 10.1 Å². The summed E-state index contributed by atoms with van der Waals surface area (Å²) in [6.45, 7) is 5.29. The number of amides is 1. The Hall–Kier alpha value is -1.51. The number of nitrogens with zero attached hydrogens (tertiary/aromatic N) is 1. The van der Waals surface area contributed by atoms with Gasteiger partial charge in [0.15, 0.2) is 9.84 Å². The molecule has 6 nitrogen and oxygen atoms in total. The van der Waals surface area contributed by atoms with Crippen LogP contribution in [-0.2, 0) is 25.1 Å². The Kier molecular flexibility index (Phi) is 6.31. The number of nitrogens with one attached hydrogen (secondary N) is 1. The molecule has 1 heterocycles. The highest BCUT2D eigenvalue weighted by Gasteiger charge is 2.20. The molecule has 0 aromatic heterocycles. The minimum atomic E-state index is -3.34. The van der Waals surface area contributed by atoms with Gasteiger partial charge >= 0.3 is 0 Å². The predicted octanol–water partition coefficient (Wildman–Crippen LogP) is 1.28. The van der Waals surface area contributed by atoms with Crippen LogP contribution in [0.5, 0.6) is 0 Å². The van der Waals surface area contributed by atoms with E-state index in [4.69, 9.17) is 4.74 Å². The van der Waals surface area contributed by atoms with Gasteiger partial charge in [-0.2, -0.15) is 0 Å². The Bertz CT molecular complexity index is 687. The first-order valence-corrected chi connectivity index (χ1v) is 9.88. The number of hydrogen-bond donors (Lipinski definition) is 1. The summed E-state index contributed by atoms with van der Waals surface area (Å²) >= 11 is 0. The molecule has 1 aromatic rings. The minimum absolute atomic E-state index is 0.220. The van der Waals surface area contributed by atoms with Crippen LogP contribution in [-0.4, -0.2) is 58.3 Å². The Morgan fingerprint density at radius 2 is 2.04 bits per heavy atom. The van der Waals surface area contributed by atoms with Gasteiger partial charge in [-0.05, 0) is 23.8 Å². The van der Waals surface area contributed by atoms with Crippen LogP contribution >= 0.6 is 0 Å². The molecule has 1 aliphatic rings. The smallest absolute Gasteiger partial charge is 0.228 e. The zero-order valence-electron chi connectivity index (χ0n) is 13.9. The second-order valence-corrected chi connectivity index (χ2v) is 8.32. The maximum atomic E-state index is 13.4. The van der Waals surface area contributed by atoms with Crippen molar-refractivity contribution in [2.75, 3.05) is 44.4 Å². The molecule has 8 heteroatoms. The molecule has 2 rings (SSSR count). The number of rotatable bonds is 6. The fourth-order valence-electron chi connectivity index (χ4n) is 2.60. The van der Waals surface area contributed by atoms with Crippen molar-refractivity contribution >= 4 is 21.4 Å². The standard InChI is InChI=1S/C16H23FN2O4S/c1-12(10-19-5-7-23-8-6-19)16(20)18-15-4-3-14(17)9-13(15)11-24(2,21)22/h3-4,9,12H,5-8,10-11H2,1-2H3,(H,18,20).